The molecule has 0 aliphatic rings. The van der Waals surface area contributed by atoms with E-state index < -0.39 is 22.4 Å². The Bertz CT molecular complexity index is 548. The lowest BCUT2D eigenvalue weighted by Gasteiger charge is -2.19. The normalized spacial score (nSPS) is 12.1. The quantitative estimate of drug-likeness (QED) is 0.490. The number of hydrogen-bond donors (Lipinski definition) is 1. The largest absolute Gasteiger partial charge is 0.465 e. The minimum atomic E-state index is -0.987. The van der Waals surface area contributed by atoms with Gasteiger partial charge in [-0.05, 0) is 27.1 Å². The predicted octanol–water partition coefficient (Wildman–Crippen LogP) is 1.88. The molecular formula is C13H18FN3O4. The van der Waals surface area contributed by atoms with Gasteiger partial charge in [0, 0.05) is 12.6 Å². The van der Waals surface area contributed by atoms with Crippen molar-refractivity contribution < 1.29 is 18.8 Å². The van der Waals surface area contributed by atoms with Gasteiger partial charge in [-0.15, -0.1) is 0 Å². The van der Waals surface area contributed by atoms with Crippen LogP contribution < -0.4 is 5.32 Å². The van der Waals surface area contributed by atoms with E-state index in [2.05, 4.69) is 10.1 Å². The fourth-order valence-corrected chi connectivity index (χ4v) is 1.95. The highest BCUT2D eigenvalue weighted by molar-refractivity contribution is 5.92. The molecule has 0 saturated heterocycles. The van der Waals surface area contributed by atoms with Crippen LogP contribution in [0.4, 0.5) is 15.8 Å². The molecule has 116 valence electrons. The second-order valence-electron chi connectivity index (χ2n) is 4.91. The summed E-state index contributed by atoms with van der Waals surface area (Å²) in [5.74, 6) is -1.87. The molecule has 0 aromatic heterocycles. The van der Waals surface area contributed by atoms with Crippen LogP contribution in [0, 0.1) is 15.9 Å². The van der Waals surface area contributed by atoms with Crippen molar-refractivity contribution in [3.05, 3.63) is 33.6 Å². The number of halogens is 1. The maximum Gasteiger partial charge on any atom is 0.340 e. The monoisotopic (exact) mass is 299 g/mol. The molecule has 21 heavy (non-hydrogen) atoms. The Morgan fingerprint density at radius 1 is 1.52 bits per heavy atom. The summed E-state index contributed by atoms with van der Waals surface area (Å²) in [5, 5.41) is 13.9. The minimum absolute atomic E-state index is 0.0798. The van der Waals surface area contributed by atoms with Crippen LogP contribution in [-0.2, 0) is 4.74 Å². The number of rotatable bonds is 6. The van der Waals surface area contributed by atoms with Gasteiger partial charge < -0.3 is 15.0 Å². The zero-order valence-corrected chi connectivity index (χ0v) is 12.3. The number of benzene rings is 1. The van der Waals surface area contributed by atoms with Crippen molar-refractivity contribution in [2.24, 2.45) is 0 Å². The lowest BCUT2D eigenvalue weighted by Crippen LogP contribution is -2.30. The highest BCUT2D eigenvalue weighted by Crippen LogP contribution is 2.28. The zero-order chi connectivity index (χ0) is 16.2. The van der Waals surface area contributed by atoms with Crippen LogP contribution in [0.1, 0.15) is 17.3 Å². The van der Waals surface area contributed by atoms with Gasteiger partial charge in [0.2, 0.25) is 0 Å². The van der Waals surface area contributed by atoms with Gasteiger partial charge >= 0.3 is 5.97 Å². The minimum Gasteiger partial charge on any atom is -0.465 e. The molecule has 1 rings (SSSR count). The van der Waals surface area contributed by atoms with E-state index in [0.29, 0.717) is 6.54 Å². The molecule has 1 aromatic rings. The number of likely N-dealkylation sites (N-methyl/N-ethyl adjacent to an activating group) is 1. The molecule has 0 heterocycles. The summed E-state index contributed by atoms with van der Waals surface area (Å²) in [7, 11) is 4.83. The van der Waals surface area contributed by atoms with E-state index in [-0.39, 0.29) is 17.3 Å². The average Bonchev–Trinajstić information content (AvgIpc) is 2.38. The van der Waals surface area contributed by atoms with Gasteiger partial charge in [-0.3, -0.25) is 10.1 Å². The molecule has 0 saturated carbocycles. The van der Waals surface area contributed by atoms with E-state index in [4.69, 9.17) is 0 Å². The first kappa shape index (κ1) is 16.8. The standard InChI is InChI=1S/C13H18FN3O4/c1-8(7-16(2)3)15-11-5-9(13(18)21-4)10(14)6-12(11)17(19)20/h5-6,8,15H,7H2,1-4H3. The number of nitrogens with zero attached hydrogens (tertiary/aromatic N) is 2. The molecule has 0 aliphatic heterocycles. The molecule has 0 fully saturated rings. The molecule has 0 bridgehead atoms. The molecule has 1 atom stereocenters. The first-order valence-electron chi connectivity index (χ1n) is 6.23. The first-order chi connectivity index (χ1) is 9.76. The Labute approximate surface area is 121 Å². The van der Waals surface area contributed by atoms with Crippen molar-refractivity contribution in [3.8, 4) is 0 Å². The SMILES string of the molecule is COC(=O)c1cc(NC(C)CN(C)C)c([N+](=O)[O-])cc1F. The van der Waals surface area contributed by atoms with Crippen molar-refractivity contribution in [2.75, 3.05) is 33.1 Å². The summed E-state index contributed by atoms with van der Waals surface area (Å²) in [4.78, 5) is 23.7. The van der Waals surface area contributed by atoms with Crippen LogP contribution in [0.5, 0.6) is 0 Å². The summed E-state index contributed by atoms with van der Waals surface area (Å²) in [6.45, 7) is 2.44. The number of ether oxygens (including phenoxy) is 1. The summed E-state index contributed by atoms with van der Waals surface area (Å²) >= 11 is 0. The second kappa shape index (κ2) is 6.98. The van der Waals surface area contributed by atoms with Crippen LogP contribution >= 0.6 is 0 Å². The predicted molar refractivity (Wildman–Crippen MR) is 76.0 cm³/mol. The van der Waals surface area contributed by atoms with Crippen molar-refractivity contribution >= 4 is 17.3 Å². The third-order valence-corrected chi connectivity index (χ3v) is 2.73. The fourth-order valence-electron chi connectivity index (χ4n) is 1.95. The van der Waals surface area contributed by atoms with E-state index in [1.807, 2.05) is 25.9 Å². The molecule has 0 radical (unpaired) electrons. The van der Waals surface area contributed by atoms with Crippen molar-refractivity contribution in [1.29, 1.82) is 0 Å². The lowest BCUT2D eigenvalue weighted by molar-refractivity contribution is -0.384. The maximum absolute atomic E-state index is 13.7. The van der Waals surface area contributed by atoms with Crippen LogP contribution in [0.3, 0.4) is 0 Å². The van der Waals surface area contributed by atoms with Crippen LogP contribution in [0.2, 0.25) is 0 Å². The smallest absolute Gasteiger partial charge is 0.340 e. The van der Waals surface area contributed by atoms with E-state index in [1.54, 1.807) is 0 Å². The summed E-state index contributed by atoms with van der Waals surface area (Å²) in [6.07, 6.45) is 0. The Morgan fingerprint density at radius 3 is 2.62 bits per heavy atom. The molecular weight excluding hydrogens is 281 g/mol. The lowest BCUT2D eigenvalue weighted by atomic mass is 10.1. The second-order valence-corrected chi connectivity index (χ2v) is 4.91. The molecule has 8 heteroatoms. The van der Waals surface area contributed by atoms with E-state index in [0.717, 1.165) is 19.2 Å². The van der Waals surface area contributed by atoms with Gasteiger partial charge in [0.25, 0.3) is 5.69 Å². The van der Waals surface area contributed by atoms with E-state index in [1.165, 1.54) is 0 Å². The topological polar surface area (TPSA) is 84.7 Å². The summed E-state index contributed by atoms with van der Waals surface area (Å²) in [6, 6.07) is 1.69. The number of nitro groups is 1. The Balaban J connectivity index is 3.20. The highest BCUT2D eigenvalue weighted by atomic mass is 19.1. The zero-order valence-electron chi connectivity index (χ0n) is 12.3. The van der Waals surface area contributed by atoms with E-state index in [9.17, 15) is 19.3 Å². The van der Waals surface area contributed by atoms with Crippen molar-refractivity contribution in [2.45, 2.75) is 13.0 Å². The summed E-state index contributed by atoms with van der Waals surface area (Å²) < 4.78 is 18.2. The van der Waals surface area contributed by atoms with Gasteiger partial charge in [-0.2, -0.15) is 0 Å². The van der Waals surface area contributed by atoms with Gasteiger partial charge in [0.1, 0.15) is 11.5 Å². The Morgan fingerprint density at radius 2 is 2.14 bits per heavy atom. The van der Waals surface area contributed by atoms with Gasteiger partial charge in [-0.25, -0.2) is 9.18 Å². The Kier molecular flexibility index (Phi) is 5.60. The third-order valence-electron chi connectivity index (χ3n) is 2.73. The van der Waals surface area contributed by atoms with Crippen molar-refractivity contribution in [3.63, 3.8) is 0 Å². The van der Waals surface area contributed by atoms with Gasteiger partial charge in [0.05, 0.1) is 23.7 Å². The number of methoxy groups -OCH3 is 1. The number of carbonyl (C=O) groups is 1. The number of carbonyl (C=O) groups excluding carboxylic acids is 1. The highest BCUT2D eigenvalue weighted by Gasteiger charge is 2.23. The summed E-state index contributed by atoms with van der Waals surface area (Å²) in [5.41, 5.74) is -0.690. The molecule has 1 unspecified atom stereocenters. The number of anilines is 1. The molecule has 1 N–H and O–H groups in total. The van der Waals surface area contributed by atoms with Crippen LogP contribution in [-0.4, -0.2) is 49.6 Å². The number of esters is 1. The fraction of sp³-hybridized carbons (Fsp3) is 0.462. The molecule has 0 spiro atoms. The molecule has 0 aliphatic carbocycles. The number of hydrogen-bond acceptors (Lipinski definition) is 6. The molecule has 0 amide bonds. The van der Waals surface area contributed by atoms with Crippen LogP contribution in [0.25, 0.3) is 0 Å². The third kappa shape index (κ3) is 4.38. The van der Waals surface area contributed by atoms with Gasteiger partial charge in [-0.1, -0.05) is 0 Å². The van der Waals surface area contributed by atoms with Crippen molar-refractivity contribution in [1.82, 2.24) is 4.90 Å². The molecule has 1 aromatic carbocycles. The van der Waals surface area contributed by atoms with Crippen LogP contribution in [0.15, 0.2) is 12.1 Å². The first-order valence-corrected chi connectivity index (χ1v) is 6.23. The average molecular weight is 299 g/mol. The van der Waals surface area contributed by atoms with E-state index >= 15 is 0 Å². The Hall–Kier alpha value is -2.22. The number of nitrogens with one attached hydrogen (secondary N) is 1. The molecule has 7 nitrogen and oxygen atoms in total. The number of nitro benzene ring substituents is 1. The maximum atomic E-state index is 13.7. The van der Waals surface area contributed by atoms with Gasteiger partial charge in [0.15, 0.2) is 0 Å².